The average molecular weight is 329 g/mol. The van der Waals surface area contributed by atoms with Crippen LogP contribution in [0.15, 0.2) is 42.9 Å². The number of rotatable bonds is 3. The largest absolute Gasteiger partial charge is 0.759 e. The minimum Gasteiger partial charge on any atom is -0.759 e. The van der Waals surface area contributed by atoms with Crippen LogP contribution in [0.2, 0.25) is 0 Å². The van der Waals surface area contributed by atoms with Crippen molar-refractivity contribution in [3.05, 3.63) is 54.1 Å². The predicted molar refractivity (Wildman–Crippen MR) is 70.9 cm³/mol. The van der Waals surface area contributed by atoms with Crippen molar-refractivity contribution in [2.75, 3.05) is 0 Å². The van der Waals surface area contributed by atoms with Gasteiger partial charge in [0, 0.05) is 10.4 Å². The molecule has 0 amide bonds. The van der Waals surface area contributed by atoms with E-state index in [9.17, 15) is 9.90 Å². The molecule has 1 aromatic heterocycles. The van der Waals surface area contributed by atoms with Crippen molar-refractivity contribution in [1.29, 1.82) is 0 Å². The summed E-state index contributed by atoms with van der Waals surface area (Å²) in [5.41, 5.74) is 1.12. The quantitative estimate of drug-likeness (QED) is 0.497. The zero-order valence-corrected chi connectivity index (χ0v) is 12.2. The van der Waals surface area contributed by atoms with E-state index in [0.29, 0.717) is 0 Å². The van der Waals surface area contributed by atoms with E-state index in [1.165, 1.54) is 12.5 Å². The molecule has 0 spiro atoms. The summed E-state index contributed by atoms with van der Waals surface area (Å²) in [4.78, 5) is 14.7. The second kappa shape index (κ2) is 8.24. The number of aromatic carboxylic acids is 1. The molecule has 0 radical (unpaired) electrons. The number of imidazole rings is 1. The van der Waals surface area contributed by atoms with Gasteiger partial charge in [-0.1, -0.05) is 30.3 Å². The van der Waals surface area contributed by atoms with Gasteiger partial charge in [0.15, 0.2) is 0 Å². The van der Waals surface area contributed by atoms with Gasteiger partial charge in [-0.05, 0) is 12.5 Å². The van der Waals surface area contributed by atoms with Gasteiger partial charge in [0.25, 0.3) is 0 Å². The second-order valence-electron chi connectivity index (χ2n) is 3.97. The number of carbonyl (C=O) groups is 1. The van der Waals surface area contributed by atoms with Gasteiger partial charge in [0.05, 0.1) is 30.2 Å². The van der Waals surface area contributed by atoms with E-state index in [0.717, 1.165) is 5.56 Å². The number of aromatic nitrogens is 2. The Hall–Kier alpha value is -2.27. The van der Waals surface area contributed by atoms with Crippen LogP contribution < -0.4 is 5.11 Å². The van der Waals surface area contributed by atoms with Crippen LogP contribution in [0.4, 0.5) is 0 Å². The molecule has 1 atom stereocenters. The lowest BCUT2D eigenvalue weighted by molar-refractivity contribution is -0.255. The Labute approximate surface area is 126 Å². The lowest BCUT2D eigenvalue weighted by Crippen LogP contribution is -2.26. The van der Waals surface area contributed by atoms with E-state index in [-0.39, 0.29) is 17.2 Å². The molecule has 0 aliphatic carbocycles. The zero-order chi connectivity index (χ0) is 16.0. The van der Waals surface area contributed by atoms with Crippen molar-refractivity contribution >= 4 is 16.4 Å². The maximum absolute atomic E-state index is 10.8. The third kappa shape index (κ3) is 6.45. The van der Waals surface area contributed by atoms with Crippen LogP contribution >= 0.6 is 0 Å². The highest BCUT2D eigenvalue weighted by Crippen LogP contribution is 2.18. The van der Waals surface area contributed by atoms with Crippen LogP contribution in [0.25, 0.3) is 0 Å². The highest BCUT2D eigenvalue weighted by Gasteiger charge is 2.11. The molecule has 1 aromatic carbocycles. The number of carboxylic acids is 1. The first-order valence-electron chi connectivity index (χ1n) is 5.65. The van der Waals surface area contributed by atoms with Crippen molar-refractivity contribution in [3.63, 3.8) is 0 Å². The third-order valence-corrected chi connectivity index (χ3v) is 2.57. The van der Waals surface area contributed by atoms with Crippen LogP contribution in [0.3, 0.4) is 0 Å². The Morgan fingerprint density at radius 3 is 2.18 bits per heavy atom. The topological polar surface area (TPSA) is 170 Å². The molecule has 0 aliphatic heterocycles. The molecule has 0 aliphatic rings. The summed E-state index contributed by atoms with van der Waals surface area (Å²) in [6.45, 7) is 1.92. The zero-order valence-electron chi connectivity index (χ0n) is 11.4. The van der Waals surface area contributed by atoms with Crippen molar-refractivity contribution in [1.82, 2.24) is 9.55 Å². The maximum atomic E-state index is 10.8. The first-order valence-corrected chi connectivity index (χ1v) is 6.98. The normalized spacial score (nSPS) is 11.6. The predicted octanol–water partition coefficient (Wildman–Crippen LogP) is -1.31. The van der Waals surface area contributed by atoms with Gasteiger partial charge in [0.1, 0.15) is 0 Å². The Morgan fingerprint density at radius 2 is 1.73 bits per heavy atom. The van der Waals surface area contributed by atoms with E-state index in [1.54, 1.807) is 4.57 Å². The molecule has 2 rings (SSSR count). The van der Waals surface area contributed by atoms with Gasteiger partial charge in [-0.15, -0.1) is 0 Å². The Bertz CT molecular complexity index is 689. The molecular formula is C12H13N2O7S-3. The number of carboxylic acid groups (broad SMARTS) is 1. The Kier molecular flexibility index (Phi) is 7.39. The number of hydrogen-bond donors (Lipinski definition) is 0. The molecule has 1 unspecified atom stereocenters. The average Bonchev–Trinajstić information content (AvgIpc) is 2.86. The Balaban J connectivity index is 0.000000644. The van der Waals surface area contributed by atoms with Gasteiger partial charge in [-0.2, -0.15) is 0 Å². The smallest absolute Gasteiger partial charge is 0.0956 e. The molecule has 0 saturated carbocycles. The minimum atomic E-state index is -5.17. The van der Waals surface area contributed by atoms with E-state index in [2.05, 4.69) is 4.98 Å². The fraction of sp³-hybridized carbons (Fsp3) is 0.167. The lowest BCUT2D eigenvalue weighted by atomic mass is 10.1. The second-order valence-corrected chi connectivity index (χ2v) is 4.79. The van der Waals surface area contributed by atoms with E-state index in [4.69, 9.17) is 17.5 Å². The van der Waals surface area contributed by atoms with E-state index >= 15 is 0 Å². The summed E-state index contributed by atoms with van der Waals surface area (Å²) < 4.78 is 35.7. The minimum absolute atomic E-state index is 0. The standard InChI is InChI=1S/C12H12N2O2.H2O4S.H2O/c1-9(10-5-3-2-4-6-10)14-8-13-7-11(14)12(15)16;1-5(2,3)4;/h2-9H,1H3,(H,15,16);(H2,1,2,3,4);1H2/p-3. The molecule has 22 heavy (non-hydrogen) atoms. The van der Waals surface area contributed by atoms with E-state index in [1.807, 2.05) is 37.3 Å². The molecule has 0 fully saturated rings. The Morgan fingerprint density at radius 1 is 1.23 bits per heavy atom. The van der Waals surface area contributed by atoms with Gasteiger partial charge >= 0.3 is 0 Å². The SMILES string of the molecule is CC(c1ccccc1)n1cncc1C(=O)[O-].O.O=S(=O)([O-])[O-]. The van der Waals surface area contributed by atoms with Crippen molar-refractivity contribution in [2.24, 2.45) is 0 Å². The highest BCUT2D eigenvalue weighted by atomic mass is 32.3. The third-order valence-electron chi connectivity index (χ3n) is 2.57. The lowest BCUT2D eigenvalue weighted by Gasteiger charge is -2.17. The fourth-order valence-electron chi connectivity index (χ4n) is 1.66. The van der Waals surface area contributed by atoms with E-state index < -0.39 is 16.4 Å². The first-order chi connectivity index (χ1) is 9.70. The summed E-state index contributed by atoms with van der Waals surface area (Å²) >= 11 is 0. The van der Waals surface area contributed by atoms with Crippen LogP contribution in [0, 0.1) is 0 Å². The monoisotopic (exact) mass is 329 g/mol. The molecule has 1 heterocycles. The molecule has 122 valence electrons. The molecule has 10 heteroatoms. The summed E-state index contributed by atoms with van der Waals surface area (Å²) in [6.07, 6.45) is 2.80. The van der Waals surface area contributed by atoms with Crippen LogP contribution in [0.1, 0.15) is 29.0 Å². The molecule has 2 N–H and O–H groups in total. The molecular weight excluding hydrogens is 316 g/mol. The van der Waals surface area contributed by atoms with Gasteiger partial charge < -0.3 is 29.0 Å². The van der Waals surface area contributed by atoms with Crippen molar-refractivity contribution in [3.8, 4) is 0 Å². The van der Waals surface area contributed by atoms with Crippen LogP contribution in [-0.4, -0.2) is 38.5 Å². The molecule has 0 saturated heterocycles. The number of benzene rings is 1. The van der Waals surface area contributed by atoms with Crippen molar-refractivity contribution < 1.29 is 32.9 Å². The number of nitrogens with zero attached hydrogens (tertiary/aromatic N) is 2. The van der Waals surface area contributed by atoms with Crippen molar-refractivity contribution in [2.45, 2.75) is 13.0 Å². The summed E-state index contributed by atoms with van der Waals surface area (Å²) in [7, 11) is -5.17. The number of hydrogen-bond acceptors (Lipinski definition) is 7. The fourth-order valence-corrected chi connectivity index (χ4v) is 1.66. The summed E-state index contributed by atoms with van der Waals surface area (Å²) in [6, 6.07) is 9.58. The highest BCUT2D eigenvalue weighted by molar-refractivity contribution is 7.79. The maximum Gasteiger partial charge on any atom is 0.0956 e. The first kappa shape index (κ1) is 19.7. The van der Waals surface area contributed by atoms with Crippen LogP contribution in [-0.2, 0) is 10.4 Å². The summed E-state index contributed by atoms with van der Waals surface area (Å²) in [5.74, 6) is -1.21. The molecule has 0 bridgehead atoms. The van der Waals surface area contributed by atoms with Gasteiger partial charge in [-0.25, -0.2) is 4.98 Å². The summed E-state index contributed by atoms with van der Waals surface area (Å²) in [5, 5.41) is 10.8. The number of carbonyl (C=O) groups excluding carboxylic acids is 1. The van der Waals surface area contributed by atoms with Crippen LogP contribution in [0.5, 0.6) is 0 Å². The van der Waals surface area contributed by atoms with Gasteiger partial charge in [0.2, 0.25) is 0 Å². The molecule has 2 aromatic rings. The van der Waals surface area contributed by atoms with Gasteiger partial charge in [-0.3, -0.25) is 8.42 Å². The molecule has 9 nitrogen and oxygen atoms in total.